The van der Waals surface area contributed by atoms with Gasteiger partial charge in [0.05, 0.1) is 6.10 Å². The lowest BCUT2D eigenvalue weighted by atomic mass is 9.87. The molecule has 0 saturated carbocycles. The maximum Gasteiger partial charge on any atom is 0.0691 e. The van der Waals surface area contributed by atoms with Gasteiger partial charge in [-0.15, -0.1) is 0 Å². The molecule has 0 radical (unpaired) electrons. The molecule has 2 heteroatoms. The third-order valence-corrected chi connectivity index (χ3v) is 3.11. The van der Waals surface area contributed by atoms with Crippen molar-refractivity contribution < 1.29 is 5.11 Å². The molecule has 0 spiro atoms. The van der Waals surface area contributed by atoms with E-state index in [9.17, 15) is 5.11 Å². The van der Waals surface area contributed by atoms with E-state index in [2.05, 4.69) is 13.8 Å². The second-order valence-corrected chi connectivity index (χ2v) is 4.22. The van der Waals surface area contributed by atoms with Gasteiger partial charge in [-0.05, 0) is 18.8 Å². The summed E-state index contributed by atoms with van der Waals surface area (Å²) in [6.45, 7) is 6.36. The Hall–Kier alpha value is -0.0800. The fourth-order valence-corrected chi connectivity index (χ4v) is 1.91. The van der Waals surface area contributed by atoms with Crippen LogP contribution < -0.4 is 5.73 Å². The van der Waals surface area contributed by atoms with E-state index >= 15 is 0 Å². The largest absolute Gasteiger partial charge is 0.392 e. The third kappa shape index (κ3) is 4.97. The van der Waals surface area contributed by atoms with Crippen LogP contribution in [0.4, 0.5) is 0 Å². The fraction of sp³-hybridized carbons (Fsp3) is 1.00. The minimum Gasteiger partial charge on any atom is -0.392 e. The number of aliphatic hydroxyl groups excluding tert-OH is 1. The number of unbranched alkanes of at least 4 members (excludes halogenated alkanes) is 2. The summed E-state index contributed by atoms with van der Waals surface area (Å²) < 4.78 is 0. The van der Waals surface area contributed by atoms with Crippen LogP contribution in [-0.4, -0.2) is 17.3 Å². The quantitative estimate of drug-likeness (QED) is 0.593. The number of hydrogen-bond donors (Lipinski definition) is 2. The van der Waals surface area contributed by atoms with Crippen LogP contribution in [0.2, 0.25) is 0 Å². The molecule has 0 aliphatic rings. The number of nitrogens with two attached hydrogens (primary N) is 1. The van der Waals surface area contributed by atoms with Crippen LogP contribution in [0.5, 0.6) is 0 Å². The van der Waals surface area contributed by atoms with Gasteiger partial charge < -0.3 is 10.8 Å². The Kier molecular flexibility index (Phi) is 8.20. The summed E-state index contributed by atoms with van der Waals surface area (Å²) >= 11 is 0. The van der Waals surface area contributed by atoms with E-state index in [0.717, 1.165) is 12.8 Å². The lowest BCUT2D eigenvalue weighted by Crippen LogP contribution is -2.40. The zero-order valence-corrected chi connectivity index (χ0v) is 10.00. The Morgan fingerprint density at radius 1 is 1.07 bits per heavy atom. The summed E-state index contributed by atoms with van der Waals surface area (Å²) in [5, 5.41) is 9.66. The van der Waals surface area contributed by atoms with Gasteiger partial charge in [-0.3, -0.25) is 0 Å². The highest BCUT2D eigenvalue weighted by Crippen LogP contribution is 2.19. The maximum absolute atomic E-state index is 9.66. The van der Waals surface area contributed by atoms with Crippen LogP contribution in [0.15, 0.2) is 0 Å². The summed E-state index contributed by atoms with van der Waals surface area (Å²) in [7, 11) is 0. The number of aliphatic hydroxyl groups is 1. The monoisotopic (exact) mass is 201 g/mol. The molecule has 3 unspecified atom stereocenters. The molecule has 86 valence electrons. The Labute approximate surface area is 88.9 Å². The molecule has 14 heavy (non-hydrogen) atoms. The van der Waals surface area contributed by atoms with Gasteiger partial charge in [-0.1, -0.05) is 46.5 Å². The summed E-state index contributed by atoms with van der Waals surface area (Å²) in [6, 6.07) is -0.0261. The van der Waals surface area contributed by atoms with Crippen LogP contribution in [0.25, 0.3) is 0 Å². The van der Waals surface area contributed by atoms with E-state index in [1.54, 1.807) is 0 Å². The van der Waals surface area contributed by atoms with E-state index in [0.29, 0.717) is 5.92 Å². The van der Waals surface area contributed by atoms with Crippen LogP contribution in [0, 0.1) is 5.92 Å². The summed E-state index contributed by atoms with van der Waals surface area (Å²) in [5.41, 5.74) is 6.01. The van der Waals surface area contributed by atoms with Crippen molar-refractivity contribution in [2.45, 2.75) is 71.4 Å². The Bertz CT molecular complexity index is 127. The molecule has 0 saturated heterocycles. The molecule has 0 aromatic carbocycles. The molecule has 2 nitrogen and oxygen atoms in total. The summed E-state index contributed by atoms with van der Waals surface area (Å²) in [4.78, 5) is 0. The lowest BCUT2D eigenvalue weighted by molar-refractivity contribution is 0.108. The average Bonchev–Trinajstić information content (AvgIpc) is 2.22. The smallest absolute Gasteiger partial charge is 0.0691 e. The SMILES string of the molecule is CCCCCC(CC)C(N)C(O)CC. The van der Waals surface area contributed by atoms with Crippen LogP contribution in [-0.2, 0) is 0 Å². The lowest BCUT2D eigenvalue weighted by Gasteiger charge is -2.26. The minimum absolute atomic E-state index is 0.0261. The van der Waals surface area contributed by atoms with E-state index in [4.69, 9.17) is 5.73 Å². The molecule has 0 aliphatic carbocycles. The molecule has 0 amide bonds. The van der Waals surface area contributed by atoms with Crippen molar-refractivity contribution in [2.24, 2.45) is 11.7 Å². The molecular weight excluding hydrogens is 174 g/mol. The Morgan fingerprint density at radius 2 is 1.71 bits per heavy atom. The van der Waals surface area contributed by atoms with Crippen molar-refractivity contribution in [1.82, 2.24) is 0 Å². The first-order chi connectivity index (χ1) is 6.67. The van der Waals surface area contributed by atoms with E-state index in [1.807, 2.05) is 6.92 Å². The highest BCUT2D eigenvalue weighted by atomic mass is 16.3. The molecular formula is C12H27NO. The van der Waals surface area contributed by atoms with Crippen molar-refractivity contribution in [3.05, 3.63) is 0 Å². The zero-order valence-electron chi connectivity index (χ0n) is 10.00. The van der Waals surface area contributed by atoms with E-state index in [1.165, 1.54) is 25.7 Å². The summed E-state index contributed by atoms with van der Waals surface area (Å²) in [5.74, 6) is 0.497. The van der Waals surface area contributed by atoms with Gasteiger partial charge in [0.1, 0.15) is 0 Å². The van der Waals surface area contributed by atoms with Crippen LogP contribution in [0.3, 0.4) is 0 Å². The van der Waals surface area contributed by atoms with Crippen LogP contribution in [0.1, 0.15) is 59.3 Å². The van der Waals surface area contributed by atoms with Gasteiger partial charge in [0.25, 0.3) is 0 Å². The van der Waals surface area contributed by atoms with E-state index < -0.39 is 0 Å². The zero-order chi connectivity index (χ0) is 11.0. The van der Waals surface area contributed by atoms with Crippen molar-refractivity contribution in [3.63, 3.8) is 0 Å². The van der Waals surface area contributed by atoms with Gasteiger partial charge in [-0.25, -0.2) is 0 Å². The molecule has 0 aliphatic heterocycles. The predicted octanol–water partition coefficient (Wildman–Crippen LogP) is 2.69. The molecule has 3 atom stereocenters. The summed E-state index contributed by atoms with van der Waals surface area (Å²) in [6.07, 6.45) is 6.49. The maximum atomic E-state index is 9.66. The molecule has 0 fully saturated rings. The van der Waals surface area contributed by atoms with Crippen molar-refractivity contribution in [1.29, 1.82) is 0 Å². The second kappa shape index (κ2) is 8.25. The molecule has 0 heterocycles. The first-order valence-electron chi connectivity index (χ1n) is 6.10. The van der Waals surface area contributed by atoms with Gasteiger partial charge in [-0.2, -0.15) is 0 Å². The van der Waals surface area contributed by atoms with E-state index in [-0.39, 0.29) is 12.1 Å². The van der Waals surface area contributed by atoms with Crippen molar-refractivity contribution in [2.75, 3.05) is 0 Å². The third-order valence-electron chi connectivity index (χ3n) is 3.11. The normalized spacial score (nSPS) is 17.8. The predicted molar refractivity (Wildman–Crippen MR) is 62.2 cm³/mol. The highest BCUT2D eigenvalue weighted by Gasteiger charge is 2.21. The van der Waals surface area contributed by atoms with Gasteiger partial charge in [0, 0.05) is 6.04 Å². The molecule has 0 aromatic heterocycles. The molecule has 3 N–H and O–H groups in total. The Balaban J connectivity index is 3.85. The number of hydrogen-bond acceptors (Lipinski definition) is 2. The molecule has 0 aromatic rings. The van der Waals surface area contributed by atoms with Crippen molar-refractivity contribution in [3.8, 4) is 0 Å². The number of rotatable bonds is 8. The van der Waals surface area contributed by atoms with Crippen molar-refractivity contribution >= 4 is 0 Å². The van der Waals surface area contributed by atoms with Gasteiger partial charge in [0.15, 0.2) is 0 Å². The molecule has 0 rings (SSSR count). The minimum atomic E-state index is -0.318. The standard InChI is InChI=1S/C12H27NO/c1-4-7-8-9-10(5-2)12(13)11(14)6-3/h10-12,14H,4-9,13H2,1-3H3. The molecule has 0 bridgehead atoms. The average molecular weight is 201 g/mol. The van der Waals surface area contributed by atoms with Gasteiger partial charge in [0.2, 0.25) is 0 Å². The topological polar surface area (TPSA) is 46.2 Å². The van der Waals surface area contributed by atoms with Crippen LogP contribution >= 0.6 is 0 Å². The van der Waals surface area contributed by atoms with Gasteiger partial charge >= 0.3 is 0 Å². The first kappa shape index (κ1) is 13.9. The first-order valence-corrected chi connectivity index (χ1v) is 6.10. The highest BCUT2D eigenvalue weighted by molar-refractivity contribution is 4.78. The fourth-order valence-electron chi connectivity index (χ4n) is 1.91. The Morgan fingerprint density at radius 3 is 2.14 bits per heavy atom. The second-order valence-electron chi connectivity index (χ2n) is 4.22.